The minimum atomic E-state index is -0.915. The number of amides is 1. The zero-order chi connectivity index (χ0) is 23.8. The first-order chi connectivity index (χ1) is 16.4. The summed E-state index contributed by atoms with van der Waals surface area (Å²) < 4.78 is 33.4. The van der Waals surface area contributed by atoms with Crippen molar-refractivity contribution in [3.05, 3.63) is 82.4 Å². The van der Waals surface area contributed by atoms with Crippen LogP contribution in [0.4, 0.5) is 14.5 Å². The van der Waals surface area contributed by atoms with Crippen LogP contribution in [-0.4, -0.2) is 25.6 Å². The van der Waals surface area contributed by atoms with E-state index in [1.807, 2.05) is 30.3 Å². The van der Waals surface area contributed by atoms with Gasteiger partial charge in [0.15, 0.2) is 0 Å². The van der Waals surface area contributed by atoms with Crippen LogP contribution in [0.2, 0.25) is 0 Å². The van der Waals surface area contributed by atoms with Crippen LogP contribution < -0.4 is 10.9 Å². The van der Waals surface area contributed by atoms with Crippen LogP contribution in [0.15, 0.2) is 64.2 Å². The van der Waals surface area contributed by atoms with Crippen molar-refractivity contribution in [3.63, 3.8) is 0 Å². The molecule has 0 aliphatic carbocycles. The molecule has 0 aliphatic rings. The normalized spacial score (nSPS) is 11.1. The highest BCUT2D eigenvalue weighted by molar-refractivity contribution is 7.22. The number of benzene rings is 2. The number of nitrogens with zero attached hydrogens (tertiary/aromatic N) is 4. The first-order valence-electron chi connectivity index (χ1n) is 10.0. The Bertz CT molecular complexity index is 1590. The summed E-state index contributed by atoms with van der Waals surface area (Å²) in [5.74, 6) is -1.66. The van der Waals surface area contributed by atoms with Gasteiger partial charge < -0.3 is 9.84 Å². The Morgan fingerprint density at radius 2 is 1.97 bits per heavy atom. The lowest BCUT2D eigenvalue weighted by Crippen LogP contribution is -2.28. The van der Waals surface area contributed by atoms with Crippen LogP contribution in [-0.2, 0) is 11.3 Å². The maximum atomic E-state index is 13.8. The summed E-state index contributed by atoms with van der Waals surface area (Å²) in [6, 6.07) is 12.1. The quantitative estimate of drug-likeness (QED) is 0.401. The Labute approximate surface area is 194 Å². The average Bonchev–Trinajstić information content (AvgIpc) is 3.43. The molecule has 0 unspecified atom stereocenters. The third-order valence-electron chi connectivity index (χ3n) is 5.09. The minimum absolute atomic E-state index is 0.187. The largest absolute Gasteiger partial charge is 0.333 e. The van der Waals surface area contributed by atoms with E-state index in [-0.39, 0.29) is 11.6 Å². The van der Waals surface area contributed by atoms with Crippen molar-refractivity contribution in [3.8, 4) is 22.2 Å². The molecule has 0 saturated heterocycles. The summed E-state index contributed by atoms with van der Waals surface area (Å²) in [6.07, 6.45) is 1.24. The third kappa shape index (κ3) is 3.97. The lowest BCUT2D eigenvalue weighted by atomic mass is 10.2. The molecule has 8 nitrogen and oxygen atoms in total. The number of anilines is 1. The Hall–Kier alpha value is -4.25. The number of carbonyl (C=O) groups is 1. The van der Waals surface area contributed by atoms with Crippen LogP contribution in [0, 0.1) is 18.6 Å². The molecule has 170 valence electrons. The Balaban J connectivity index is 1.44. The number of rotatable bonds is 5. The number of hydrogen-bond donors (Lipinski definition) is 1. The van der Waals surface area contributed by atoms with Crippen LogP contribution in [0.25, 0.3) is 32.4 Å². The number of nitrogens with one attached hydrogen (secondary N) is 1. The van der Waals surface area contributed by atoms with Crippen molar-refractivity contribution in [1.82, 2.24) is 19.7 Å². The van der Waals surface area contributed by atoms with Crippen molar-refractivity contribution in [2.75, 3.05) is 5.32 Å². The van der Waals surface area contributed by atoms with E-state index in [1.165, 1.54) is 17.7 Å². The van der Waals surface area contributed by atoms with Gasteiger partial charge in [0, 0.05) is 11.6 Å². The fourth-order valence-electron chi connectivity index (χ4n) is 3.43. The monoisotopic (exact) mass is 479 g/mol. The Morgan fingerprint density at radius 1 is 1.18 bits per heavy atom. The number of aromatic nitrogens is 4. The van der Waals surface area contributed by atoms with E-state index in [1.54, 1.807) is 6.92 Å². The number of aryl methyl sites for hydroxylation is 1. The van der Waals surface area contributed by atoms with Crippen molar-refractivity contribution >= 4 is 33.1 Å². The first-order valence-corrected chi connectivity index (χ1v) is 10.9. The van der Waals surface area contributed by atoms with Crippen molar-refractivity contribution in [1.29, 1.82) is 0 Å². The van der Waals surface area contributed by atoms with Crippen molar-refractivity contribution < 1.29 is 18.1 Å². The molecule has 1 amide bonds. The van der Waals surface area contributed by atoms with Crippen LogP contribution in [0.3, 0.4) is 0 Å². The standard InChI is InChI=1S/C23H15F2N5O3S/c1-12-18-22(34-19(12)21-28-20(29-33-21)13-5-3-2-4-6-13)26-11-30(23(18)32)10-17(31)27-16-8-7-14(24)9-15(16)25/h2-9,11H,10H2,1H3,(H,27,31). The molecule has 0 atom stereocenters. The van der Waals surface area contributed by atoms with Crippen LogP contribution in [0.5, 0.6) is 0 Å². The van der Waals surface area contributed by atoms with Gasteiger partial charge in [-0.25, -0.2) is 13.8 Å². The van der Waals surface area contributed by atoms with E-state index in [2.05, 4.69) is 20.4 Å². The molecular formula is C23H15F2N5O3S. The van der Waals surface area contributed by atoms with E-state index in [0.717, 1.165) is 22.3 Å². The molecule has 2 aromatic carbocycles. The van der Waals surface area contributed by atoms with E-state index in [9.17, 15) is 18.4 Å². The molecule has 0 spiro atoms. The van der Waals surface area contributed by atoms with E-state index >= 15 is 0 Å². The zero-order valence-corrected chi connectivity index (χ0v) is 18.4. The van der Waals surface area contributed by atoms with Crippen molar-refractivity contribution in [2.24, 2.45) is 0 Å². The molecular weight excluding hydrogens is 464 g/mol. The van der Waals surface area contributed by atoms with Gasteiger partial charge in [0.25, 0.3) is 11.4 Å². The highest BCUT2D eigenvalue weighted by Gasteiger charge is 2.21. The third-order valence-corrected chi connectivity index (χ3v) is 6.28. The van der Waals surface area contributed by atoms with Crippen LogP contribution >= 0.6 is 11.3 Å². The molecule has 5 rings (SSSR count). The second-order valence-corrected chi connectivity index (χ2v) is 8.37. The molecule has 34 heavy (non-hydrogen) atoms. The van der Waals surface area contributed by atoms with Crippen LogP contribution in [0.1, 0.15) is 5.56 Å². The highest BCUT2D eigenvalue weighted by atomic mass is 32.1. The smallest absolute Gasteiger partial charge is 0.268 e. The van der Waals surface area contributed by atoms with Gasteiger partial charge in [-0.2, -0.15) is 4.98 Å². The van der Waals surface area contributed by atoms with Gasteiger partial charge in [-0.15, -0.1) is 11.3 Å². The molecule has 0 aliphatic heterocycles. The molecule has 0 radical (unpaired) electrons. The van der Waals surface area contributed by atoms with Gasteiger partial charge in [0.2, 0.25) is 11.7 Å². The minimum Gasteiger partial charge on any atom is -0.333 e. The lowest BCUT2D eigenvalue weighted by Gasteiger charge is -2.08. The second kappa shape index (κ2) is 8.60. The van der Waals surface area contributed by atoms with Gasteiger partial charge in [-0.1, -0.05) is 35.5 Å². The highest BCUT2D eigenvalue weighted by Crippen LogP contribution is 2.35. The topological polar surface area (TPSA) is 103 Å². The van der Waals surface area contributed by atoms with Gasteiger partial charge >= 0.3 is 0 Å². The zero-order valence-electron chi connectivity index (χ0n) is 17.6. The summed E-state index contributed by atoms with van der Waals surface area (Å²) in [6.45, 7) is 1.34. The summed E-state index contributed by atoms with van der Waals surface area (Å²) >= 11 is 1.23. The number of fused-ring (bicyclic) bond motifs is 1. The summed E-state index contributed by atoms with van der Waals surface area (Å²) in [5.41, 5.74) is 0.760. The number of carbonyl (C=O) groups excluding carboxylic acids is 1. The molecule has 1 N–H and O–H groups in total. The lowest BCUT2D eigenvalue weighted by molar-refractivity contribution is -0.116. The van der Waals surface area contributed by atoms with Gasteiger partial charge in [0.1, 0.15) is 23.0 Å². The van der Waals surface area contributed by atoms with E-state index < -0.39 is 29.6 Å². The van der Waals surface area contributed by atoms with Gasteiger partial charge in [0.05, 0.1) is 22.3 Å². The first kappa shape index (κ1) is 21.6. The van der Waals surface area contributed by atoms with Gasteiger partial charge in [-0.05, 0) is 24.6 Å². The molecule has 0 saturated carbocycles. The maximum absolute atomic E-state index is 13.8. The van der Waals surface area contributed by atoms with Gasteiger partial charge in [-0.3, -0.25) is 14.2 Å². The fourth-order valence-corrected chi connectivity index (χ4v) is 4.49. The second-order valence-electron chi connectivity index (χ2n) is 7.38. The number of hydrogen-bond acceptors (Lipinski definition) is 7. The Kier molecular flexibility index (Phi) is 5.46. The summed E-state index contributed by atoms with van der Waals surface area (Å²) in [5, 5.41) is 6.66. The predicted molar refractivity (Wildman–Crippen MR) is 122 cm³/mol. The molecule has 0 bridgehead atoms. The number of thiophene rings is 1. The fraction of sp³-hybridized carbons (Fsp3) is 0.0870. The number of halogens is 2. The summed E-state index contributed by atoms with van der Waals surface area (Å²) in [7, 11) is 0. The summed E-state index contributed by atoms with van der Waals surface area (Å²) in [4.78, 5) is 35.2. The maximum Gasteiger partial charge on any atom is 0.268 e. The predicted octanol–water partition coefficient (Wildman–Crippen LogP) is 4.40. The van der Waals surface area contributed by atoms with E-state index in [0.29, 0.717) is 32.5 Å². The SMILES string of the molecule is Cc1c(-c2nc(-c3ccccc3)no2)sc2ncn(CC(=O)Nc3ccc(F)cc3F)c(=O)c12. The van der Waals surface area contributed by atoms with Crippen molar-refractivity contribution in [2.45, 2.75) is 13.5 Å². The molecule has 0 fully saturated rings. The van der Waals surface area contributed by atoms with E-state index in [4.69, 9.17) is 4.52 Å². The average molecular weight is 479 g/mol. The Morgan fingerprint density at radius 3 is 2.74 bits per heavy atom. The molecule has 11 heteroatoms. The molecule has 3 heterocycles. The molecule has 3 aromatic heterocycles. The molecule has 5 aromatic rings.